The van der Waals surface area contributed by atoms with Crippen molar-refractivity contribution in [1.82, 2.24) is 9.97 Å². The molecule has 1 atom stereocenters. The summed E-state index contributed by atoms with van der Waals surface area (Å²) in [5, 5.41) is 0.707. The van der Waals surface area contributed by atoms with E-state index in [0.717, 1.165) is 22.6 Å². The first-order valence-corrected chi connectivity index (χ1v) is 6.39. The monoisotopic (exact) mass is 220 g/mol. The van der Waals surface area contributed by atoms with E-state index in [1.54, 1.807) is 0 Å². The van der Waals surface area contributed by atoms with Crippen LogP contribution in [0, 0.1) is 0 Å². The van der Waals surface area contributed by atoms with Crippen molar-refractivity contribution in [2.75, 3.05) is 0 Å². The molecule has 0 amide bonds. The fourth-order valence-electron chi connectivity index (χ4n) is 1.41. The van der Waals surface area contributed by atoms with E-state index in [1.165, 1.54) is 6.42 Å². The maximum absolute atomic E-state index is 4.54. The molecule has 0 saturated heterocycles. The Kier molecular flexibility index (Phi) is 3.31. The Labute approximate surface area is 94.5 Å². The summed E-state index contributed by atoms with van der Waals surface area (Å²) >= 11 is 1.95. The molecular formula is C12H16N2S. The molecule has 80 valence electrons. The molecule has 1 N–H and O–H groups in total. The number of rotatable bonds is 4. The van der Waals surface area contributed by atoms with Crippen LogP contribution in [-0.4, -0.2) is 15.2 Å². The van der Waals surface area contributed by atoms with E-state index >= 15 is 0 Å². The van der Waals surface area contributed by atoms with Crippen molar-refractivity contribution in [2.24, 2.45) is 0 Å². The topological polar surface area (TPSA) is 28.7 Å². The van der Waals surface area contributed by atoms with Gasteiger partial charge in [0.05, 0.1) is 16.8 Å². The first-order chi connectivity index (χ1) is 7.29. The number of H-pyrrole nitrogens is 1. The zero-order chi connectivity index (χ0) is 10.7. The average molecular weight is 220 g/mol. The molecule has 3 heteroatoms. The van der Waals surface area contributed by atoms with Crippen molar-refractivity contribution in [3.63, 3.8) is 0 Å². The smallest absolute Gasteiger partial charge is 0.117 e. The van der Waals surface area contributed by atoms with E-state index in [-0.39, 0.29) is 0 Å². The summed E-state index contributed by atoms with van der Waals surface area (Å²) in [6.45, 7) is 4.48. The standard InChI is InChI=1S/C12H16N2S/c1-3-9(2)15-8-12-13-10-6-4-5-7-11(10)14-12/h4-7,9H,3,8H2,1-2H3,(H,13,14)/t9-/m0/s1. The van der Waals surface area contributed by atoms with Gasteiger partial charge in [0.1, 0.15) is 5.82 Å². The van der Waals surface area contributed by atoms with Gasteiger partial charge >= 0.3 is 0 Å². The van der Waals surface area contributed by atoms with E-state index < -0.39 is 0 Å². The zero-order valence-corrected chi connectivity index (χ0v) is 9.97. The Hall–Kier alpha value is -0.960. The van der Waals surface area contributed by atoms with Crippen molar-refractivity contribution in [1.29, 1.82) is 0 Å². The molecule has 2 rings (SSSR count). The SMILES string of the molecule is CC[C@H](C)SCc1nc2ccccc2[nH]1. The Morgan fingerprint density at radius 1 is 1.40 bits per heavy atom. The number of hydrogen-bond donors (Lipinski definition) is 1. The van der Waals surface area contributed by atoms with Crippen molar-refractivity contribution in [3.8, 4) is 0 Å². The van der Waals surface area contributed by atoms with Crippen molar-refractivity contribution < 1.29 is 0 Å². The van der Waals surface area contributed by atoms with Gasteiger partial charge in [-0.2, -0.15) is 11.8 Å². The molecule has 0 aliphatic heterocycles. The highest BCUT2D eigenvalue weighted by atomic mass is 32.2. The number of thioether (sulfide) groups is 1. The van der Waals surface area contributed by atoms with Crippen LogP contribution in [0.5, 0.6) is 0 Å². The van der Waals surface area contributed by atoms with E-state index in [9.17, 15) is 0 Å². The average Bonchev–Trinajstić information content (AvgIpc) is 2.68. The summed E-state index contributed by atoms with van der Waals surface area (Å²) in [6.07, 6.45) is 1.21. The first-order valence-electron chi connectivity index (χ1n) is 5.35. The summed E-state index contributed by atoms with van der Waals surface area (Å²) in [6, 6.07) is 8.17. The number of aromatic nitrogens is 2. The summed E-state index contributed by atoms with van der Waals surface area (Å²) < 4.78 is 0. The molecule has 0 fully saturated rings. The van der Waals surface area contributed by atoms with Crippen LogP contribution in [0.3, 0.4) is 0 Å². The van der Waals surface area contributed by atoms with Gasteiger partial charge in [-0.15, -0.1) is 0 Å². The predicted octanol–water partition coefficient (Wildman–Crippen LogP) is 3.59. The number of hydrogen-bond acceptors (Lipinski definition) is 2. The van der Waals surface area contributed by atoms with Gasteiger partial charge in [0, 0.05) is 5.25 Å². The quantitative estimate of drug-likeness (QED) is 0.853. The molecule has 0 saturated carbocycles. The number of benzene rings is 1. The van der Waals surface area contributed by atoms with Crippen molar-refractivity contribution in [3.05, 3.63) is 30.1 Å². The van der Waals surface area contributed by atoms with Crippen LogP contribution in [0.4, 0.5) is 0 Å². The van der Waals surface area contributed by atoms with Gasteiger partial charge in [-0.3, -0.25) is 0 Å². The number of aromatic amines is 1. The van der Waals surface area contributed by atoms with E-state index in [4.69, 9.17) is 0 Å². The second kappa shape index (κ2) is 4.71. The molecule has 1 heterocycles. The van der Waals surface area contributed by atoms with Crippen molar-refractivity contribution in [2.45, 2.75) is 31.3 Å². The lowest BCUT2D eigenvalue weighted by Crippen LogP contribution is -1.94. The van der Waals surface area contributed by atoms with Gasteiger partial charge in [0.25, 0.3) is 0 Å². The fourth-order valence-corrected chi connectivity index (χ4v) is 2.23. The summed E-state index contributed by atoms with van der Waals surface area (Å²) in [7, 11) is 0. The molecule has 1 aromatic heterocycles. The maximum atomic E-state index is 4.54. The first kappa shape index (κ1) is 10.6. The highest BCUT2D eigenvalue weighted by Gasteiger charge is 2.04. The van der Waals surface area contributed by atoms with Crippen LogP contribution in [0.2, 0.25) is 0 Å². The number of nitrogens with zero attached hydrogens (tertiary/aromatic N) is 1. The lowest BCUT2D eigenvalue weighted by atomic mass is 10.3. The molecule has 15 heavy (non-hydrogen) atoms. The Morgan fingerprint density at radius 3 is 2.93 bits per heavy atom. The minimum Gasteiger partial charge on any atom is -0.341 e. The van der Waals surface area contributed by atoms with Crippen molar-refractivity contribution >= 4 is 22.8 Å². The molecule has 1 aromatic carbocycles. The third kappa shape index (κ3) is 2.53. The number of imidazole rings is 1. The van der Waals surface area contributed by atoms with Gasteiger partial charge in [0.2, 0.25) is 0 Å². The van der Waals surface area contributed by atoms with Crippen LogP contribution < -0.4 is 0 Å². The maximum Gasteiger partial charge on any atom is 0.117 e. The van der Waals surface area contributed by atoms with Gasteiger partial charge in [-0.1, -0.05) is 26.0 Å². The summed E-state index contributed by atoms with van der Waals surface area (Å²) in [4.78, 5) is 7.89. The van der Waals surface area contributed by atoms with Crippen LogP contribution in [0.25, 0.3) is 11.0 Å². The summed E-state index contributed by atoms with van der Waals surface area (Å²) in [5.41, 5.74) is 2.20. The second-order valence-corrected chi connectivity index (χ2v) is 5.16. The second-order valence-electron chi connectivity index (χ2n) is 3.73. The Balaban J connectivity index is 2.09. The van der Waals surface area contributed by atoms with Crippen LogP contribution in [0.15, 0.2) is 24.3 Å². The van der Waals surface area contributed by atoms with Gasteiger partial charge < -0.3 is 4.98 Å². The van der Waals surface area contributed by atoms with E-state index in [1.807, 2.05) is 30.0 Å². The third-order valence-electron chi connectivity index (χ3n) is 2.52. The minimum absolute atomic E-state index is 0.707. The lowest BCUT2D eigenvalue weighted by molar-refractivity contribution is 0.903. The number of fused-ring (bicyclic) bond motifs is 1. The molecule has 0 aliphatic carbocycles. The minimum atomic E-state index is 0.707. The van der Waals surface area contributed by atoms with Gasteiger partial charge in [-0.25, -0.2) is 4.98 Å². The van der Waals surface area contributed by atoms with Gasteiger partial charge in [0.15, 0.2) is 0 Å². The van der Waals surface area contributed by atoms with Crippen LogP contribution in [-0.2, 0) is 5.75 Å². The van der Waals surface area contributed by atoms with E-state index in [2.05, 4.69) is 29.9 Å². The lowest BCUT2D eigenvalue weighted by Gasteiger charge is -2.05. The van der Waals surface area contributed by atoms with Gasteiger partial charge in [-0.05, 0) is 18.6 Å². The predicted molar refractivity (Wildman–Crippen MR) is 67.1 cm³/mol. The molecule has 0 spiro atoms. The Morgan fingerprint density at radius 2 is 2.20 bits per heavy atom. The largest absolute Gasteiger partial charge is 0.341 e. The fraction of sp³-hybridized carbons (Fsp3) is 0.417. The molecule has 0 bridgehead atoms. The molecular weight excluding hydrogens is 204 g/mol. The van der Waals surface area contributed by atoms with Crippen LogP contribution in [0.1, 0.15) is 26.1 Å². The number of nitrogens with one attached hydrogen (secondary N) is 1. The normalized spacial score (nSPS) is 13.2. The molecule has 0 unspecified atom stereocenters. The van der Waals surface area contributed by atoms with E-state index in [0.29, 0.717) is 5.25 Å². The summed E-state index contributed by atoms with van der Waals surface area (Å²) in [5.74, 6) is 2.06. The molecule has 2 aromatic rings. The zero-order valence-electron chi connectivity index (χ0n) is 9.16. The third-order valence-corrected chi connectivity index (χ3v) is 3.86. The number of para-hydroxylation sites is 2. The van der Waals surface area contributed by atoms with Crippen LogP contribution >= 0.6 is 11.8 Å². The molecule has 2 nitrogen and oxygen atoms in total. The highest BCUT2D eigenvalue weighted by molar-refractivity contribution is 7.99. The Bertz CT molecular complexity index is 403. The molecule has 0 radical (unpaired) electrons. The highest BCUT2D eigenvalue weighted by Crippen LogP contribution is 2.19. The molecule has 0 aliphatic rings.